The summed E-state index contributed by atoms with van der Waals surface area (Å²) >= 11 is 0. The number of carbonyl (C=O) groups is 3. The number of hydrogen-bond donors (Lipinski definition) is 1. The summed E-state index contributed by atoms with van der Waals surface area (Å²) < 4.78 is 4.97. The number of esters is 1. The number of rotatable bonds is 6. The van der Waals surface area contributed by atoms with E-state index in [1.807, 2.05) is 31.2 Å². The zero-order valence-electron chi connectivity index (χ0n) is 14.1. The molecule has 0 atom stereocenters. The molecule has 1 amide bonds. The summed E-state index contributed by atoms with van der Waals surface area (Å²) in [4.78, 5) is 34.7. The second-order valence-corrected chi connectivity index (χ2v) is 5.48. The number of hydrogen-bond acceptors (Lipinski definition) is 4. The van der Waals surface area contributed by atoms with E-state index in [1.54, 1.807) is 30.3 Å². The number of ether oxygens (including phenoxy) is 1. The predicted octanol–water partition coefficient (Wildman–Crippen LogP) is 3.39. The van der Waals surface area contributed by atoms with E-state index in [4.69, 9.17) is 4.74 Å². The Hall–Kier alpha value is -3.21. The summed E-state index contributed by atoms with van der Waals surface area (Å²) in [6.45, 7) is 3.01. The zero-order valence-corrected chi connectivity index (χ0v) is 14.1. The van der Waals surface area contributed by atoms with Crippen LogP contribution in [0.4, 0.5) is 5.69 Å². The summed E-state index contributed by atoms with van der Waals surface area (Å²) in [5.74, 6) is -1.08. The normalized spacial score (nSPS) is 10.5. The lowest BCUT2D eigenvalue weighted by atomic mass is 10.1. The van der Waals surface area contributed by atoms with Crippen LogP contribution in [-0.4, -0.2) is 24.3 Å². The minimum atomic E-state index is -0.577. The first-order valence-corrected chi connectivity index (χ1v) is 7.77. The van der Waals surface area contributed by atoms with Gasteiger partial charge in [0.1, 0.15) is 0 Å². The van der Waals surface area contributed by atoms with Crippen LogP contribution in [0.3, 0.4) is 0 Å². The second-order valence-electron chi connectivity index (χ2n) is 5.48. The van der Waals surface area contributed by atoms with E-state index in [9.17, 15) is 14.4 Å². The maximum absolute atomic E-state index is 12.0. The van der Waals surface area contributed by atoms with E-state index in [1.165, 1.54) is 13.0 Å². The Balaban J connectivity index is 1.88. The van der Waals surface area contributed by atoms with E-state index in [0.717, 1.165) is 11.1 Å². The number of aryl methyl sites for hydroxylation is 1. The maximum Gasteiger partial charge on any atom is 0.331 e. The molecule has 0 unspecified atom stereocenters. The van der Waals surface area contributed by atoms with Gasteiger partial charge < -0.3 is 10.1 Å². The fraction of sp³-hybridized carbons (Fsp3) is 0.150. The number of ketones is 1. The molecule has 0 aromatic heterocycles. The third-order valence-electron chi connectivity index (χ3n) is 3.46. The largest absolute Gasteiger partial charge is 0.454 e. The van der Waals surface area contributed by atoms with E-state index in [-0.39, 0.29) is 18.3 Å². The molecule has 2 aromatic carbocycles. The minimum Gasteiger partial charge on any atom is -0.454 e. The number of carbonyl (C=O) groups excluding carboxylic acids is 3. The van der Waals surface area contributed by atoms with Gasteiger partial charge in [0.15, 0.2) is 12.4 Å². The van der Waals surface area contributed by atoms with Crippen LogP contribution >= 0.6 is 0 Å². The molecule has 0 heterocycles. The maximum atomic E-state index is 12.0. The molecule has 0 spiro atoms. The minimum absolute atomic E-state index is 0.187. The zero-order chi connectivity index (χ0) is 18.2. The van der Waals surface area contributed by atoms with Crippen LogP contribution in [-0.2, 0) is 14.3 Å². The van der Waals surface area contributed by atoms with Gasteiger partial charge in [0.05, 0.1) is 0 Å². The SMILES string of the molecule is CC(=O)Nc1ccc(C(=O)COC(=O)/C=C/c2ccccc2C)cc1. The van der Waals surface area contributed by atoms with E-state index >= 15 is 0 Å². The number of Topliss-reactive ketones (excluding diaryl/α,β-unsaturated/α-hetero) is 1. The van der Waals surface area contributed by atoms with Gasteiger partial charge in [-0.1, -0.05) is 24.3 Å². The van der Waals surface area contributed by atoms with Gasteiger partial charge in [-0.15, -0.1) is 0 Å². The average Bonchev–Trinajstić information content (AvgIpc) is 2.59. The van der Waals surface area contributed by atoms with Crippen molar-refractivity contribution in [1.82, 2.24) is 0 Å². The van der Waals surface area contributed by atoms with Crippen molar-refractivity contribution in [2.45, 2.75) is 13.8 Å². The Morgan fingerprint density at radius 2 is 1.72 bits per heavy atom. The molecule has 0 aliphatic heterocycles. The van der Waals surface area contributed by atoms with Gasteiger partial charge in [0, 0.05) is 24.3 Å². The second kappa shape index (κ2) is 8.59. The summed E-state index contributed by atoms with van der Waals surface area (Å²) in [5, 5.41) is 2.61. The Labute approximate surface area is 146 Å². The highest BCUT2D eigenvalue weighted by Crippen LogP contribution is 2.11. The van der Waals surface area contributed by atoms with Crippen LogP contribution in [0.1, 0.15) is 28.4 Å². The summed E-state index contributed by atoms with van der Waals surface area (Å²) in [6.07, 6.45) is 2.96. The fourth-order valence-corrected chi connectivity index (χ4v) is 2.14. The van der Waals surface area contributed by atoms with Crippen molar-refractivity contribution in [1.29, 1.82) is 0 Å². The van der Waals surface area contributed by atoms with Gasteiger partial charge in [-0.2, -0.15) is 0 Å². The van der Waals surface area contributed by atoms with Gasteiger partial charge in [0.25, 0.3) is 0 Å². The van der Waals surface area contributed by atoms with Crippen molar-refractivity contribution < 1.29 is 19.1 Å². The van der Waals surface area contributed by atoms with Crippen molar-refractivity contribution in [2.75, 3.05) is 11.9 Å². The third-order valence-corrected chi connectivity index (χ3v) is 3.46. The molecule has 2 rings (SSSR count). The van der Waals surface area contributed by atoms with Crippen LogP contribution in [0.5, 0.6) is 0 Å². The molecule has 0 bridgehead atoms. The topological polar surface area (TPSA) is 72.5 Å². The monoisotopic (exact) mass is 337 g/mol. The predicted molar refractivity (Wildman–Crippen MR) is 96.2 cm³/mol. The van der Waals surface area contributed by atoms with Crippen molar-refractivity contribution >= 4 is 29.4 Å². The van der Waals surface area contributed by atoms with Crippen molar-refractivity contribution in [3.8, 4) is 0 Å². The molecule has 0 aliphatic rings. The first kappa shape index (κ1) is 18.1. The molecule has 25 heavy (non-hydrogen) atoms. The smallest absolute Gasteiger partial charge is 0.331 e. The molecule has 0 radical (unpaired) electrons. The average molecular weight is 337 g/mol. The van der Waals surface area contributed by atoms with Crippen molar-refractivity contribution in [2.24, 2.45) is 0 Å². The van der Waals surface area contributed by atoms with Gasteiger partial charge in [-0.25, -0.2) is 4.79 Å². The van der Waals surface area contributed by atoms with Gasteiger partial charge in [0.2, 0.25) is 5.91 Å². The summed E-state index contributed by atoms with van der Waals surface area (Å²) in [5.41, 5.74) is 2.97. The molecule has 0 aliphatic carbocycles. The number of benzene rings is 2. The van der Waals surface area contributed by atoms with Crippen molar-refractivity contribution in [3.63, 3.8) is 0 Å². The molecule has 128 valence electrons. The first-order valence-electron chi connectivity index (χ1n) is 7.77. The van der Waals surface area contributed by atoms with Gasteiger partial charge in [-0.3, -0.25) is 9.59 Å². The highest BCUT2D eigenvalue weighted by molar-refractivity contribution is 5.99. The lowest BCUT2D eigenvalue weighted by Gasteiger charge is -2.05. The van der Waals surface area contributed by atoms with Gasteiger partial charge >= 0.3 is 5.97 Å². The van der Waals surface area contributed by atoms with Crippen LogP contribution in [0, 0.1) is 6.92 Å². The molecule has 0 fully saturated rings. The molecular formula is C20H19NO4. The molecular weight excluding hydrogens is 318 g/mol. The highest BCUT2D eigenvalue weighted by Gasteiger charge is 2.09. The quantitative estimate of drug-likeness (QED) is 0.498. The fourth-order valence-electron chi connectivity index (χ4n) is 2.14. The number of amides is 1. The lowest BCUT2D eigenvalue weighted by Crippen LogP contribution is -2.13. The Morgan fingerprint density at radius 3 is 2.36 bits per heavy atom. The highest BCUT2D eigenvalue weighted by atomic mass is 16.5. The van der Waals surface area contributed by atoms with Crippen LogP contribution in [0.2, 0.25) is 0 Å². The van der Waals surface area contributed by atoms with Gasteiger partial charge in [-0.05, 0) is 48.4 Å². The van der Waals surface area contributed by atoms with Crippen LogP contribution in [0.25, 0.3) is 6.08 Å². The Morgan fingerprint density at radius 1 is 1.04 bits per heavy atom. The molecule has 0 saturated heterocycles. The lowest BCUT2D eigenvalue weighted by molar-refractivity contribution is -0.136. The molecule has 1 N–H and O–H groups in total. The standard InChI is InChI=1S/C20H19NO4/c1-14-5-3-4-6-16(14)9-12-20(24)25-13-19(23)17-7-10-18(11-8-17)21-15(2)22/h3-12H,13H2,1-2H3,(H,21,22)/b12-9+. The van der Waals surface area contributed by atoms with Crippen LogP contribution < -0.4 is 5.32 Å². The first-order chi connectivity index (χ1) is 12.0. The molecule has 5 heteroatoms. The molecule has 5 nitrogen and oxygen atoms in total. The van der Waals surface area contributed by atoms with E-state index in [2.05, 4.69) is 5.32 Å². The number of nitrogens with one attached hydrogen (secondary N) is 1. The molecule has 2 aromatic rings. The summed E-state index contributed by atoms with van der Waals surface area (Å²) in [6, 6.07) is 14.0. The van der Waals surface area contributed by atoms with Crippen molar-refractivity contribution in [3.05, 3.63) is 71.3 Å². The Bertz CT molecular complexity index is 807. The Kier molecular flexibility index (Phi) is 6.23. The van der Waals surface area contributed by atoms with Crippen LogP contribution in [0.15, 0.2) is 54.6 Å². The van der Waals surface area contributed by atoms with E-state index < -0.39 is 5.97 Å². The summed E-state index contributed by atoms with van der Waals surface area (Å²) in [7, 11) is 0. The molecule has 0 saturated carbocycles. The third kappa shape index (κ3) is 5.73. The van der Waals surface area contributed by atoms with E-state index in [0.29, 0.717) is 11.3 Å². The number of anilines is 1.